The van der Waals surface area contributed by atoms with Crippen LogP contribution in [-0.4, -0.2) is 0 Å². The summed E-state index contributed by atoms with van der Waals surface area (Å²) in [6.07, 6.45) is 3.82. The van der Waals surface area contributed by atoms with Gasteiger partial charge in [0.05, 0.1) is 0 Å². The van der Waals surface area contributed by atoms with Crippen LogP contribution < -0.4 is 0 Å². The van der Waals surface area contributed by atoms with Crippen LogP contribution >= 0.6 is 0 Å². The highest BCUT2D eigenvalue weighted by molar-refractivity contribution is 4.67. The zero-order valence-electron chi connectivity index (χ0n) is 10.1. The third kappa shape index (κ3) is 6.12. The first kappa shape index (κ1) is 13.0. The molecule has 1 radical (unpaired) electrons. The summed E-state index contributed by atoms with van der Waals surface area (Å²) in [6, 6.07) is 0. The van der Waals surface area contributed by atoms with E-state index in [0.29, 0.717) is 0 Å². The van der Waals surface area contributed by atoms with Crippen molar-refractivity contribution in [3.8, 4) is 0 Å². The number of hydrogen-bond donors (Lipinski definition) is 0. The van der Waals surface area contributed by atoms with E-state index in [1.807, 2.05) is 0 Å². The maximum absolute atomic E-state index is 3.97. The Morgan fingerprint density at radius 2 is 1.38 bits per heavy atom. The predicted octanol–water partition coefficient (Wildman–Crippen LogP) is 4.56. The fourth-order valence-electron chi connectivity index (χ4n) is 2.05. The third-order valence-electron chi connectivity index (χ3n) is 3.07. The van der Waals surface area contributed by atoms with Gasteiger partial charge in [-0.1, -0.05) is 48.0 Å². The van der Waals surface area contributed by atoms with Gasteiger partial charge >= 0.3 is 0 Å². The van der Waals surface area contributed by atoms with Crippen molar-refractivity contribution >= 4 is 0 Å². The van der Waals surface area contributed by atoms with Gasteiger partial charge in [0.1, 0.15) is 0 Å². The maximum Gasteiger partial charge on any atom is -0.0414 e. The van der Waals surface area contributed by atoms with Crippen molar-refractivity contribution in [1.82, 2.24) is 0 Å². The smallest absolute Gasteiger partial charge is 0.0414 e. The Morgan fingerprint density at radius 1 is 0.846 bits per heavy atom. The third-order valence-corrected chi connectivity index (χ3v) is 3.07. The lowest BCUT2D eigenvalue weighted by atomic mass is 9.83. The summed E-state index contributed by atoms with van der Waals surface area (Å²) >= 11 is 0. The van der Waals surface area contributed by atoms with E-state index in [9.17, 15) is 0 Å². The molecular formula is C13H27. The molecule has 0 aliphatic heterocycles. The summed E-state index contributed by atoms with van der Waals surface area (Å²) in [5, 5.41) is 0. The van der Waals surface area contributed by atoms with Gasteiger partial charge in [0.25, 0.3) is 0 Å². The normalized spacial score (nSPS) is 18.7. The van der Waals surface area contributed by atoms with Crippen molar-refractivity contribution in [3.05, 3.63) is 6.92 Å². The van der Waals surface area contributed by atoms with Crippen LogP contribution in [0.25, 0.3) is 0 Å². The van der Waals surface area contributed by atoms with Crippen molar-refractivity contribution in [2.24, 2.45) is 23.7 Å². The molecule has 0 saturated heterocycles. The molecular weight excluding hydrogens is 156 g/mol. The Labute approximate surface area is 85.1 Å². The van der Waals surface area contributed by atoms with Crippen molar-refractivity contribution in [3.63, 3.8) is 0 Å². The zero-order valence-corrected chi connectivity index (χ0v) is 10.1. The molecule has 0 aromatic rings. The monoisotopic (exact) mass is 183 g/mol. The molecule has 13 heavy (non-hydrogen) atoms. The second-order valence-corrected chi connectivity index (χ2v) is 5.21. The van der Waals surface area contributed by atoms with E-state index < -0.39 is 0 Å². The van der Waals surface area contributed by atoms with Gasteiger partial charge < -0.3 is 0 Å². The van der Waals surface area contributed by atoms with Crippen LogP contribution in [0.15, 0.2) is 0 Å². The fourth-order valence-corrected chi connectivity index (χ4v) is 2.05. The number of rotatable bonds is 6. The van der Waals surface area contributed by atoms with E-state index in [0.717, 1.165) is 30.1 Å². The summed E-state index contributed by atoms with van der Waals surface area (Å²) in [5.74, 6) is 3.35. The molecule has 0 aliphatic carbocycles. The largest absolute Gasteiger partial charge is 0.0628 e. The van der Waals surface area contributed by atoms with Gasteiger partial charge in [-0.05, 0) is 36.5 Å². The average molecular weight is 183 g/mol. The van der Waals surface area contributed by atoms with E-state index in [4.69, 9.17) is 0 Å². The van der Waals surface area contributed by atoms with Crippen LogP contribution in [0, 0.1) is 30.6 Å². The maximum atomic E-state index is 3.97. The van der Waals surface area contributed by atoms with Gasteiger partial charge in [0.2, 0.25) is 0 Å². The van der Waals surface area contributed by atoms with Gasteiger partial charge in [-0.15, -0.1) is 0 Å². The molecule has 0 aliphatic rings. The summed E-state index contributed by atoms with van der Waals surface area (Å²) < 4.78 is 0. The van der Waals surface area contributed by atoms with Gasteiger partial charge in [-0.25, -0.2) is 0 Å². The second kappa shape index (κ2) is 6.45. The zero-order chi connectivity index (χ0) is 10.4. The molecule has 0 nitrogen and oxygen atoms in total. The van der Waals surface area contributed by atoms with Crippen LogP contribution in [-0.2, 0) is 0 Å². The highest BCUT2D eigenvalue weighted by atomic mass is 14.2. The molecule has 0 fully saturated rings. The molecule has 0 spiro atoms. The molecule has 3 unspecified atom stereocenters. The molecule has 0 amide bonds. The highest BCUT2D eigenvalue weighted by Crippen LogP contribution is 2.25. The molecule has 0 aromatic heterocycles. The van der Waals surface area contributed by atoms with Gasteiger partial charge in [0.15, 0.2) is 0 Å². The van der Waals surface area contributed by atoms with E-state index in [1.165, 1.54) is 12.8 Å². The van der Waals surface area contributed by atoms with Gasteiger partial charge in [-0.2, -0.15) is 0 Å². The molecule has 0 heterocycles. The van der Waals surface area contributed by atoms with Crippen molar-refractivity contribution in [1.29, 1.82) is 0 Å². The summed E-state index contributed by atoms with van der Waals surface area (Å²) in [4.78, 5) is 0. The molecule has 0 N–H and O–H groups in total. The Balaban J connectivity index is 3.70. The van der Waals surface area contributed by atoms with Crippen LogP contribution in [0.5, 0.6) is 0 Å². The van der Waals surface area contributed by atoms with Crippen LogP contribution in [0.3, 0.4) is 0 Å². The lowest BCUT2D eigenvalue weighted by molar-refractivity contribution is 0.289. The van der Waals surface area contributed by atoms with Gasteiger partial charge in [0, 0.05) is 0 Å². The molecule has 3 atom stereocenters. The van der Waals surface area contributed by atoms with Crippen molar-refractivity contribution in [2.75, 3.05) is 0 Å². The molecule has 0 aromatic carbocycles. The Kier molecular flexibility index (Phi) is 6.45. The van der Waals surface area contributed by atoms with E-state index in [2.05, 4.69) is 41.5 Å². The second-order valence-electron chi connectivity index (χ2n) is 5.21. The quantitative estimate of drug-likeness (QED) is 0.566. The van der Waals surface area contributed by atoms with Crippen LogP contribution in [0.1, 0.15) is 53.9 Å². The lowest BCUT2D eigenvalue weighted by Gasteiger charge is -2.23. The first-order chi connectivity index (χ1) is 5.97. The Hall–Kier alpha value is 0. The summed E-state index contributed by atoms with van der Waals surface area (Å²) in [7, 11) is 0. The number of hydrogen-bond acceptors (Lipinski definition) is 0. The van der Waals surface area contributed by atoms with Crippen LogP contribution in [0.4, 0.5) is 0 Å². The van der Waals surface area contributed by atoms with Crippen LogP contribution in [0.2, 0.25) is 0 Å². The highest BCUT2D eigenvalue weighted by Gasteiger charge is 2.14. The molecule has 0 bridgehead atoms. The minimum atomic E-state index is 0.787. The molecule has 0 saturated carbocycles. The minimum Gasteiger partial charge on any atom is -0.0628 e. The Morgan fingerprint density at radius 3 is 1.77 bits per heavy atom. The first-order valence-corrected chi connectivity index (χ1v) is 5.76. The average Bonchev–Trinajstić information content (AvgIpc) is 2.01. The Bertz CT molecular complexity index is 115. The van der Waals surface area contributed by atoms with E-state index >= 15 is 0 Å². The minimum absolute atomic E-state index is 0.787. The summed E-state index contributed by atoms with van der Waals surface area (Å²) in [6.45, 7) is 15.7. The molecule has 0 rings (SSSR count). The lowest BCUT2D eigenvalue weighted by Crippen LogP contribution is -2.12. The van der Waals surface area contributed by atoms with E-state index in [1.54, 1.807) is 0 Å². The molecule has 79 valence electrons. The van der Waals surface area contributed by atoms with Crippen molar-refractivity contribution < 1.29 is 0 Å². The van der Waals surface area contributed by atoms with Gasteiger partial charge in [-0.3, -0.25) is 0 Å². The first-order valence-electron chi connectivity index (χ1n) is 5.76. The predicted molar refractivity (Wildman–Crippen MR) is 61.5 cm³/mol. The van der Waals surface area contributed by atoms with E-state index in [-0.39, 0.29) is 0 Å². The fraction of sp³-hybridized carbons (Fsp3) is 0.923. The summed E-state index contributed by atoms with van der Waals surface area (Å²) in [5.41, 5.74) is 0. The standard InChI is InChI=1S/C13H27/c1-7-12(5)13(6)9-11(4)8-10(2)3/h10-13H,1,7-9H2,2-6H3. The van der Waals surface area contributed by atoms with Crippen molar-refractivity contribution in [2.45, 2.75) is 53.9 Å². The SMILES string of the molecule is [CH2]CC(C)C(C)CC(C)CC(C)C. The topological polar surface area (TPSA) is 0 Å². The molecule has 0 heteroatoms.